The molecular weight excluding hydrogens is 419 g/mol. The molecule has 168 valence electrons. The molecule has 0 unspecified atom stereocenters. The molecule has 0 fully saturated rings. The number of rotatable bonds is 7. The first-order valence-electron chi connectivity index (χ1n) is 10.3. The average molecular weight is 449 g/mol. The van der Waals surface area contributed by atoms with Crippen molar-refractivity contribution in [3.63, 3.8) is 0 Å². The molecular formula is C23H29FN2O4S. The Morgan fingerprint density at radius 3 is 2.58 bits per heavy atom. The van der Waals surface area contributed by atoms with Gasteiger partial charge in [0.2, 0.25) is 15.9 Å². The summed E-state index contributed by atoms with van der Waals surface area (Å²) in [6.07, 6.45) is 0.796. The highest BCUT2D eigenvalue weighted by atomic mass is 32.2. The number of ether oxygens (including phenoxy) is 1. The fraction of sp³-hybridized carbons (Fsp3) is 0.435. The van der Waals surface area contributed by atoms with E-state index in [1.54, 1.807) is 29.2 Å². The van der Waals surface area contributed by atoms with Gasteiger partial charge in [0.25, 0.3) is 0 Å². The van der Waals surface area contributed by atoms with Gasteiger partial charge in [-0.25, -0.2) is 12.8 Å². The molecule has 2 aromatic carbocycles. The third-order valence-electron chi connectivity index (χ3n) is 5.17. The molecule has 8 heteroatoms. The third-order valence-corrected chi connectivity index (χ3v) is 6.41. The van der Waals surface area contributed by atoms with E-state index >= 15 is 0 Å². The maximum absolute atomic E-state index is 13.9. The molecule has 0 atom stereocenters. The number of hydrogen-bond acceptors (Lipinski definition) is 4. The standard InChI is InChI=1S/C23H29FN2O4S/c1-16(2)11-12-26-20-13-18(9-10-21(20)30-15-23(3,4)22(26)27)25-31(28,29)14-17-7-5-6-8-19(17)24/h5-10,13,16,25H,11-12,14-15H2,1-4H3. The highest BCUT2D eigenvalue weighted by Gasteiger charge is 2.37. The summed E-state index contributed by atoms with van der Waals surface area (Å²) in [5, 5.41) is 0. The second-order valence-corrected chi connectivity index (χ2v) is 10.7. The van der Waals surface area contributed by atoms with Crippen molar-refractivity contribution in [3.05, 3.63) is 53.8 Å². The van der Waals surface area contributed by atoms with E-state index in [1.807, 2.05) is 13.8 Å². The van der Waals surface area contributed by atoms with Gasteiger partial charge in [-0.1, -0.05) is 32.0 Å². The van der Waals surface area contributed by atoms with Gasteiger partial charge >= 0.3 is 0 Å². The highest BCUT2D eigenvalue weighted by Crippen LogP contribution is 2.38. The van der Waals surface area contributed by atoms with Gasteiger partial charge in [0.1, 0.15) is 18.2 Å². The Morgan fingerprint density at radius 1 is 1.19 bits per heavy atom. The first-order chi connectivity index (χ1) is 14.5. The van der Waals surface area contributed by atoms with Gasteiger partial charge in [-0.15, -0.1) is 0 Å². The molecule has 1 amide bonds. The monoisotopic (exact) mass is 448 g/mol. The zero-order chi connectivity index (χ0) is 22.8. The van der Waals surface area contributed by atoms with Crippen molar-refractivity contribution in [3.8, 4) is 5.75 Å². The number of nitrogens with one attached hydrogen (secondary N) is 1. The van der Waals surface area contributed by atoms with E-state index < -0.39 is 27.0 Å². The zero-order valence-corrected chi connectivity index (χ0v) is 19.1. The van der Waals surface area contributed by atoms with Crippen LogP contribution < -0.4 is 14.4 Å². The molecule has 0 saturated heterocycles. The Balaban J connectivity index is 1.91. The van der Waals surface area contributed by atoms with Gasteiger partial charge in [0, 0.05) is 12.1 Å². The van der Waals surface area contributed by atoms with E-state index in [-0.39, 0.29) is 18.1 Å². The van der Waals surface area contributed by atoms with Crippen LogP contribution in [0.2, 0.25) is 0 Å². The number of benzene rings is 2. The number of hydrogen-bond donors (Lipinski definition) is 1. The molecule has 0 bridgehead atoms. The Labute approximate surface area is 183 Å². The minimum absolute atomic E-state index is 0.0711. The maximum atomic E-state index is 13.9. The van der Waals surface area contributed by atoms with Gasteiger partial charge in [-0.3, -0.25) is 9.52 Å². The van der Waals surface area contributed by atoms with Crippen LogP contribution in [0.4, 0.5) is 15.8 Å². The van der Waals surface area contributed by atoms with E-state index in [0.717, 1.165) is 6.42 Å². The summed E-state index contributed by atoms with van der Waals surface area (Å²) in [6.45, 7) is 8.57. The van der Waals surface area contributed by atoms with E-state index in [0.29, 0.717) is 29.6 Å². The number of halogens is 1. The first-order valence-corrected chi connectivity index (χ1v) is 12.0. The first kappa shape index (κ1) is 23.1. The number of carbonyl (C=O) groups is 1. The van der Waals surface area contributed by atoms with Crippen LogP contribution in [0, 0.1) is 17.2 Å². The van der Waals surface area contributed by atoms with Gasteiger partial charge in [0.05, 0.1) is 22.5 Å². The molecule has 1 N–H and O–H groups in total. The van der Waals surface area contributed by atoms with E-state index in [2.05, 4.69) is 18.6 Å². The van der Waals surface area contributed by atoms with Crippen LogP contribution in [0.1, 0.15) is 39.7 Å². The lowest BCUT2D eigenvalue weighted by Crippen LogP contribution is -2.42. The predicted octanol–water partition coefficient (Wildman–Crippen LogP) is 4.57. The Hall–Kier alpha value is -2.61. The van der Waals surface area contributed by atoms with Crippen LogP contribution in [0.5, 0.6) is 5.75 Å². The van der Waals surface area contributed by atoms with E-state index in [4.69, 9.17) is 4.74 Å². The van der Waals surface area contributed by atoms with Crippen molar-refractivity contribution in [2.75, 3.05) is 22.8 Å². The minimum Gasteiger partial charge on any atom is -0.490 e. The second kappa shape index (κ2) is 8.86. The predicted molar refractivity (Wildman–Crippen MR) is 120 cm³/mol. The van der Waals surface area contributed by atoms with Crippen LogP contribution in [-0.2, 0) is 20.6 Å². The van der Waals surface area contributed by atoms with Gasteiger partial charge < -0.3 is 9.64 Å². The molecule has 1 heterocycles. The quantitative estimate of drug-likeness (QED) is 0.674. The SMILES string of the molecule is CC(C)CCN1C(=O)C(C)(C)COc2ccc(NS(=O)(=O)Cc3ccccc3F)cc21. The van der Waals surface area contributed by atoms with Crippen LogP contribution in [0.3, 0.4) is 0 Å². The lowest BCUT2D eigenvalue weighted by molar-refractivity contribution is -0.127. The number of amides is 1. The summed E-state index contributed by atoms with van der Waals surface area (Å²) >= 11 is 0. The summed E-state index contributed by atoms with van der Waals surface area (Å²) in [4.78, 5) is 14.9. The zero-order valence-electron chi connectivity index (χ0n) is 18.3. The molecule has 1 aliphatic rings. The van der Waals surface area contributed by atoms with Gasteiger partial charge in [-0.2, -0.15) is 0 Å². The normalized spacial score (nSPS) is 15.9. The topological polar surface area (TPSA) is 75.7 Å². The van der Waals surface area contributed by atoms with Crippen LogP contribution in [0.15, 0.2) is 42.5 Å². The van der Waals surface area contributed by atoms with E-state index in [1.165, 1.54) is 18.2 Å². The van der Waals surface area contributed by atoms with Gasteiger partial charge in [-0.05, 0) is 50.5 Å². The fourth-order valence-corrected chi connectivity index (χ4v) is 4.56. The maximum Gasteiger partial charge on any atom is 0.237 e. The number of nitrogens with zero attached hydrogens (tertiary/aromatic N) is 1. The smallest absolute Gasteiger partial charge is 0.237 e. The molecule has 3 rings (SSSR count). The second-order valence-electron chi connectivity index (χ2n) is 8.95. The molecule has 0 radical (unpaired) electrons. The van der Waals surface area contributed by atoms with Crippen molar-refractivity contribution in [1.29, 1.82) is 0 Å². The lowest BCUT2D eigenvalue weighted by Gasteiger charge is -2.28. The molecule has 0 saturated carbocycles. The van der Waals surface area contributed by atoms with E-state index in [9.17, 15) is 17.6 Å². The number of carbonyl (C=O) groups excluding carboxylic acids is 1. The molecule has 1 aliphatic heterocycles. The minimum atomic E-state index is -3.86. The van der Waals surface area contributed by atoms with Crippen molar-refractivity contribution in [1.82, 2.24) is 0 Å². The van der Waals surface area contributed by atoms with Crippen molar-refractivity contribution >= 4 is 27.3 Å². The molecule has 31 heavy (non-hydrogen) atoms. The van der Waals surface area contributed by atoms with Crippen LogP contribution in [0.25, 0.3) is 0 Å². The fourth-order valence-electron chi connectivity index (χ4n) is 3.35. The summed E-state index contributed by atoms with van der Waals surface area (Å²) in [5.41, 5.74) is 0.201. The summed E-state index contributed by atoms with van der Waals surface area (Å²) in [6, 6.07) is 10.6. The molecule has 2 aromatic rings. The van der Waals surface area contributed by atoms with Crippen molar-refractivity contribution in [2.45, 2.75) is 39.9 Å². The van der Waals surface area contributed by atoms with Gasteiger partial charge in [0.15, 0.2) is 0 Å². The average Bonchev–Trinajstić information content (AvgIpc) is 2.76. The number of fused-ring (bicyclic) bond motifs is 1. The summed E-state index contributed by atoms with van der Waals surface area (Å²) in [5.74, 6) is -0.212. The summed E-state index contributed by atoms with van der Waals surface area (Å²) < 4.78 is 47.5. The Bertz CT molecular complexity index is 1070. The molecule has 6 nitrogen and oxygen atoms in total. The Kier molecular flexibility index (Phi) is 6.59. The molecule has 0 aromatic heterocycles. The van der Waals surface area contributed by atoms with Crippen LogP contribution >= 0.6 is 0 Å². The summed E-state index contributed by atoms with van der Waals surface area (Å²) in [7, 11) is -3.86. The highest BCUT2D eigenvalue weighted by molar-refractivity contribution is 7.91. The number of anilines is 2. The van der Waals surface area contributed by atoms with Crippen molar-refractivity contribution < 1.29 is 22.3 Å². The number of sulfonamides is 1. The molecule has 0 aliphatic carbocycles. The Morgan fingerprint density at radius 2 is 1.90 bits per heavy atom. The largest absolute Gasteiger partial charge is 0.490 e. The van der Waals surface area contributed by atoms with Crippen molar-refractivity contribution in [2.24, 2.45) is 11.3 Å². The third kappa shape index (κ3) is 5.55. The molecule has 0 spiro atoms. The van der Waals surface area contributed by atoms with Crippen LogP contribution in [-0.4, -0.2) is 27.5 Å². The lowest BCUT2D eigenvalue weighted by atomic mass is 9.92.